The Hall–Kier alpha value is -4.47. The predicted molar refractivity (Wildman–Crippen MR) is 164 cm³/mol. The SMILES string of the molecule is COc1ccc(C(=O)Nc2cccc(CN3C(=O)[C@@](O)([C@@H](C)/C=C/CC(=O)N4CCC[C@H]4CO)c4ccccc43)c2)cc1. The van der Waals surface area contributed by atoms with E-state index in [0.29, 0.717) is 34.8 Å². The highest BCUT2D eigenvalue weighted by atomic mass is 16.5. The van der Waals surface area contributed by atoms with E-state index >= 15 is 0 Å². The normalized spacial score (nSPS) is 20.4. The van der Waals surface area contributed by atoms with Crippen LogP contribution in [0.25, 0.3) is 0 Å². The number of hydrogen-bond acceptors (Lipinski definition) is 6. The van der Waals surface area contributed by atoms with Crippen LogP contribution in [-0.4, -0.2) is 59.1 Å². The first-order valence-corrected chi connectivity index (χ1v) is 14.5. The van der Waals surface area contributed by atoms with Gasteiger partial charge in [-0.25, -0.2) is 0 Å². The summed E-state index contributed by atoms with van der Waals surface area (Å²) in [6.07, 6.45) is 5.21. The molecule has 43 heavy (non-hydrogen) atoms. The number of amides is 3. The van der Waals surface area contributed by atoms with Gasteiger partial charge in [0.2, 0.25) is 5.91 Å². The summed E-state index contributed by atoms with van der Waals surface area (Å²) >= 11 is 0. The maximum Gasteiger partial charge on any atom is 0.264 e. The fourth-order valence-corrected chi connectivity index (χ4v) is 5.92. The summed E-state index contributed by atoms with van der Waals surface area (Å²) in [7, 11) is 1.56. The van der Waals surface area contributed by atoms with Crippen molar-refractivity contribution in [3.63, 3.8) is 0 Å². The Morgan fingerprint density at radius 1 is 1.12 bits per heavy atom. The second-order valence-electron chi connectivity index (χ2n) is 11.0. The van der Waals surface area contributed by atoms with E-state index in [9.17, 15) is 24.6 Å². The number of ether oxygens (including phenoxy) is 1. The van der Waals surface area contributed by atoms with Crippen LogP contribution in [0.3, 0.4) is 0 Å². The van der Waals surface area contributed by atoms with Gasteiger partial charge in [0.15, 0.2) is 5.60 Å². The zero-order valence-electron chi connectivity index (χ0n) is 24.4. The van der Waals surface area contributed by atoms with E-state index in [4.69, 9.17) is 4.74 Å². The largest absolute Gasteiger partial charge is 0.497 e. The molecule has 224 valence electrons. The Balaban J connectivity index is 1.30. The van der Waals surface area contributed by atoms with Crippen LogP contribution in [0.5, 0.6) is 5.75 Å². The van der Waals surface area contributed by atoms with Gasteiger partial charge >= 0.3 is 0 Å². The number of carbonyl (C=O) groups is 3. The number of para-hydroxylation sites is 1. The molecule has 2 heterocycles. The quantitative estimate of drug-likeness (QED) is 0.307. The third-order valence-electron chi connectivity index (χ3n) is 8.34. The molecule has 0 saturated carbocycles. The number of rotatable bonds is 10. The van der Waals surface area contributed by atoms with Gasteiger partial charge in [-0.15, -0.1) is 0 Å². The molecule has 0 bridgehead atoms. The Bertz CT molecular complexity index is 1520. The van der Waals surface area contributed by atoms with Gasteiger partial charge in [-0.2, -0.15) is 0 Å². The van der Waals surface area contributed by atoms with Crippen LogP contribution in [-0.2, 0) is 21.7 Å². The van der Waals surface area contributed by atoms with Gasteiger partial charge in [0.05, 0.1) is 32.0 Å². The fourth-order valence-electron chi connectivity index (χ4n) is 5.92. The van der Waals surface area contributed by atoms with Crippen molar-refractivity contribution in [3.8, 4) is 5.75 Å². The van der Waals surface area contributed by atoms with E-state index in [2.05, 4.69) is 5.32 Å². The lowest BCUT2D eigenvalue weighted by Crippen LogP contribution is -2.44. The lowest BCUT2D eigenvalue weighted by atomic mass is 9.83. The molecule has 2 aliphatic rings. The maximum absolute atomic E-state index is 13.9. The molecule has 3 aromatic rings. The highest BCUT2D eigenvalue weighted by molar-refractivity contribution is 6.07. The number of carbonyl (C=O) groups excluding carboxylic acids is 3. The minimum absolute atomic E-state index is 0.0509. The van der Waals surface area contributed by atoms with Gasteiger partial charge in [0.1, 0.15) is 5.75 Å². The molecule has 3 N–H and O–H groups in total. The molecule has 3 aromatic carbocycles. The number of benzene rings is 3. The molecule has 9 heteroatoms. The van der Waals surface area contributed by atoms with E-state index < -0.39 is 17.4 Å². The number of fused-ring (bicyclic) bond motifs is 1. The predicted octanol–water partition coefficient (Wildman–Crippen LogP) is 4.25. The van der Waals surface area contributed by atoms with E-state index in [1.807, 2.05) is 30.3 Å². The van der Waals surface area contributed by atoms with E-state index in [-0.39, 0.29) is 37.4 Å². The van der Waals surface area contributed by atoms with Crippen LogP contribution in [0.2, 0.25) is 0 Å². The third-order valence-corrected chi connectivity index (χ3v) is 8.34. The van der Waals surface area contributed by atoms with Crippen LogP contribution in [0.4, 0.5) is 11.4 Å². The van der Waals surface area contributed by atoms with Gasteiger partial charge in [0, 0.05) is 35.7 Å². The maximum atomic E-state index is 13.9. The van der Waals surface area contributed by atoms with E-state index in [1.54, 1.807) is 78.4 Å². The Kier molecular flexibility index (Phi) is 8.94. The van der Waals surface area contributed by atoms with Crippen molar-refractivity contribution in [1.29, 1.82) is 0 Å². The molecular weight excluding hydrogens is 546 g/mol. The monoisotopic (exact) mass is 583 g/mol. The number of anilines is 2. The minimum Gasteiger partial charge on any atom is -0.497 e. The van der Waals surface area contributed by atoms with Crippen molar-refractivity contribution in [2.75, 3.05) is 30.5 Å². The number of aliphatic hydroxyl groups is 2. The number of nitrogens with one attached hydrogen (secondary N) is 1. The van der Waals surface area contributed by atoms with Crippen LogP contribution in [0, 0.1) is 5.92 Å². The van der Waals surface area contributed by atoms with Crippen molar-refractivity contribution in [3.05, 3.63) is 102 Å². The smallest absolute Gasteiger partial charge is 0.264 e. The number of nitrogens with zero attached hydrogens (tertiary/aromatic N) is 2. The topological polar surface area (TPSA) is 119 Å². The van der Waals surface area contributed by atoms with Crippen molar-refractivity contribution >= 4 is 29.1 Å². The minimum atomic E-state index is -1.81. The molecule has 3 amide bonds. The second kappa shape index (κ2) is 12.8. The van der Waals surface area contributed by atoms with Gasteiger partial charge in [-0.1, -0.05) is 49.4 Å². The molecule has 0 radical (unpaired) electrons. The van der Waals surface area contributed by atoms with Gasteiger partial charge in [-0.3, -0.25) is 14.4 Å². The molecule has 1 fully saturated rings. The standard InChI is InChI=1S/C34H37N3O6/c1-23(8-5-14-31(39)36-19-7-11-27(36)22-38)34(42)29-12-3-4-13-30(29)37(33(34)41)21-24-9-6-10-26(20-24)35-32(40)25-15-17-28(43-2)18-16-25/h3-6,8-10,12-13,15-18,20,23,27,38,42H,7,11,14,19,21-22H2,1-2H3,(H,35,40)/b8-5+/t23-,27-,34+/m0/s1. The molecule has 1 saturated heterocycles. The summed E-state index contributed by atoms with van der Waals surface area (Å²) in [4.78, 5) is 42.6. The first-order chi connectivity index (χ1) is 20.8. The summed E-state index contributed by atoms with van der Waals surface area (Å²) < 4.78 is 5.16. The molecule has 3 atom stereocenters. The van der Waals surface area contributed by atoms with Crippen LogP contribution >= 0.6 is 0 Å². The zero-order valence-corrected chi connectivity index (χ0v) is 24.4. The van der Waals surface area contributed by atoms with Crippen LogP contribution in [0.15, 0.2) is 84.9 Å². The molecule has 0 unspecified atom stereocenters. The number of aliphatic hydroxyl groups excluding tert-OH is 1. The number of methoxy groups -OCH3 is 1. The van der Waals surface area contributed by atoms with Gasteiger partial charge < -0.3 is 30.1 Å². The molecule has 9 nitrogen and oxygen atoms in total. The Morgan fingerprint density at radius 2 is 1.88 bits per heavy atom. The van der Waals surface area contributed by atoms with Crippen molar-refractivity contribution < 1.29 is 29.3 Å². The molecule has 0 spiro atoms. The van der Waals surface area contributed by atoms with Crippen molar-refractivity contribution in [2.24, 2.45) is 5.92 Å². The molecule has 0 aliphatic carbocycles. The van der Waals surface area contributed by atoms with Crippen LogP contribution in [0.1, 0.15) is 47.7 Å². The summed E-state index contributed by atoms with van der Waals surface area (Å²) in [5.41, 5.74) is 1.15. The molecule has 0 aromatic heterocycles. The van der Waals surface area contributed by atoms with E-state index in [0.717, 1.165) is 18.4 Å². The van der Waals surface area contributed by atoms with Crippen molar-refractivity contribution in [1.82, 2.24) is 4.90 Å². The summed E-state index contributed by atoms with van der Waals surface area (Å²) in [6.45, 7) is 2.53. The highest BCUT2D eigenvalue weighted by Crippen LogP contribution is 2.45. The van der Waals surface area contributed by atoms with E-state index in [1.165, 1.54) is 0 Å². The summed E-state index contributed by atoms with van der Waals surface area (Å²) in [5, 5.41) is 24.3. The van der Waals surface area contributed by atoms with Crippen LogP contribution < -0.4 is 15.0 Å². The molecule has 2 aliphatic heterocycles. The average molecular weight is 584 g/mol. The first kappa shape index (κ1) is 30.0. The fraction of sp³-hybridized carbons (Fsp3) is 0.324. The lowest BCUT2D eigenvalue weighted by Gasteiger charge is -2.28. The Morgan fingerprint density at radius 3 is 2.63 bits per heavy atom. The highest BCUT2D eigenvalue weighted by Gasteiger charge is 2.52. The third kappa shape index (κ3) is 6.04. The summed E-state index contributed by atoms with van der Waals surface area (Å²) in [6, 6.07) is 21.1. The summed E-state index contributed by atoms with van der Waals surface area (Å²) in [5.74, 6) is -0.755. The van der Waals surface area contributed by atoms with Gasteiger partial charge in [0.25, 0.3) is 11.8 Å². The lowest BCUT2D eigenvalue weighted by molar-refractivity contribution is -0.139. The molecule has 5 rings (SSSR count). The first-order valence-electron chi connectivity index (χ1n) is 14.5. The Labute approximate surface area is 251 Å². The van der Waals surface area contributed by atoms with Gasteiger partial charge in [-0.05, 0) is 60.9 Å². The second-order valence-corrected chi connectivity index (χ2v) is 11.0. The number of likely N-dealkylation sites (tertiary alicyclic amines) is 1. The number of hydrogen-bond donors (Lipinski definition) is 3. The molecular formula is C34H37N3O6. The zero-order chi connectivity index (χ0) is 30.6. The average Bonchev–Trinajstić information content (AvgIpc) is 3.59. The van der Waals surface area contributed by atoms with Crippen molar-refractivity contribution in [2.45, 2.75) is 44.4 Å².